The van der Waals surface area contributed by atoms with Gasteiger partial charge in [-0.1, -0.05) is 127 Å². The molecule has 4 heteroatoms. The van der Waals surface area contributed by atoms with Gasteiger partial charge in [0.2, 0.25) is 0 Å². The number of thiazole rings is 1. The van der Waals surface area contributed by atoms with Crippen LogP contribution in [-0.4, -0.2) is 4.98 Å². The molecule has 12 aromatic rings. The van der Waals surface area contributed by atoms with Crippen LogP contribution >= 0.6 is 11.3 Å². The molecule has 2 heterocycles. The largest absolute Gasteiger partial charge is 0.456 e. The number of aromatic nitrogens is 1. The first-order valence-electron chi connectivity index (χ1n) is 19.3. The van der Waals surface area contributed by atoms with Crippen LogP contribution in [0.2, 0.25) is 0 Å². The lowest BCUT2D eigenvalue weighted by Gasteiger charge is -2.27. The van der Waals surface area contributed by atoms with Crippen molar-refractivity contribution in [1.29, 1.82) is 0 Å². The van der Waals surface area contributed by atoms with Gasteiger partial charge >= 0.3 is 0 Å². The van der Waals surface area contributed by atoms with Crippen LogP contribution in [-0.2, 0) is 0 Å². The first kappa shape index (κ1) is 32.0. The van der Waals surface area contributed by atoms with Gasteiger partial charge in [-0.15, -0.1) is 11.3 Å². The third-order valence-electron chi connectivity index (χ3n) is 11.4. The van der Waals surface area contributed by atoms with Gasteiger partial charge in [-0.3, -0.25) is 0 Å². The highest BCUT2D eigenvalue weighted by Gasteiger charge is 2.20. The van der Waals surface area contributed by atoms with E-state index in [-0.39, 0.29) is 0 Å². The van der Waals surface area contributed by atoms with Crippen LogP contribution in [0.5, 0.6) is 0 Å². The van der Waals surface area contributed by atoms with E-state index in [0.29, 0.717) is 0 Å². The van der Waals surface area contributed by atoms with Crippen molar-refractivity contribution in [3.05, 3.63) is 194 Å². The number of anilines is 3. The molecule has 0 bridgehead atoms. The molecule has 0 aliphatic carbocycles. The maximum Gasteiger partial charge on any atom is 0.137 e. The molecule has 12 rings (SSSR count). The molecule has 0 saturated heterocycles. The lowest BCUT2D eigenvalue weighted by Crippen LogP contribution is -2.10. The van der Waals surface area contributed by atoms with Gasteiger partial charge in [-0.2, -0.15) is 0 Å². The van der Waals surface area contributed by atoms with E-state index in [9.17, 15) is 0 Å². The Bertz CT molecular complexity index is 3530. The summed E-state index contributed by atoms with van der Waals surface area (Å²) in [4.78, 5) is 7.54. The van der Waals surface area contributed by atoms with Gasteiger partial charge < -0.3 is 9.32 Å². The molecule has 57 heavy (non-hydrogen) atoms. The predicted octanol–water partition coefficient (Wildman–Crippen LogP) is 15.6. The van der Waals surface area contributed by atoms with Crippen molar-refractivity contribution < 1.29 is 4.42 Å². The normalized spacial score (nSPS) is 11.9. The third-order valence-corrected chi connectivity index (χ3v) is 12.6. The van der Waals surface area contributed by atoms with Gasteiger partial charge in [0.1, 0.15) is 16.2 Å². The smallest absolute Gasteiger partial charge is 0.137 e. The minimum absolute atomic E-state index is 0.860. The highest BCUT2D eigenvalue weighted by molar-refractivity contribution is 7.22. The number of rotatable bonds is 5. The molecule has 0 radical (unpaired) electrons. The van der Waals surface area contributed by atoms with E-state index < -0.39 is 0 Å². The first-order chi connectivity index (χ1) is 28.2. The van der Waals surface area contributed by atoms with Crippen molar-refractivity contribution >= 4 is 104 Å². The Labute approximate surface area is 332 Å². The Balaban J connectivity index is 1.03. The predicted molar refractivity (Wildman–Crippen MR) is 242 cm³/mol. The van der Waals surface area contributed by atoms with Crippen LogP contribution in [0.1, 0.15) is 0 Å². The number of furan rings is 1. The van der Waals surface area contributed by atoms with Crippen molar-refractivity contribution in [2.45, 2.75) is 0 Å². The van der Waals surface area contributed by atoms with Crippen LogP contribution in [0.4, 0.5) is 17.1 Å². The Morgan fingerprint density at radius 1 is 0.421 bits per heavy atom. The zero-order valence-corrected chi connectivity index (χ0v) is 31.5. The summed E-state index contributed by atoms with van der Waals surface area (Å²) >= 11 is 1.77. The molecule has 0 atom stereocenters. The van der Waals surface area contributed by atoms with Gasteiger partial charge in [-0.05, 0) is 104 Å². The fourth-order valence-electron chi connectivity index (χ4n) is 8.71. The maximum atomic E-state index is 6.62. The summed E-state index contributed by atoms with van der Waals surface area (Å²) in [5.41, 5.74) is 9.45. The molecule has 0 aliphatic heterocycles. The summed E-state index contributed by atoms with van der Waals surface area (Å²) in [7, 11) is 0. The number of hydrogen-bond acceptors (Lipinski definition) is 4. The second-order valence-electron chi connectivity index (χ2n) is 14.7. The molecule has 0 amide bonds. The standard InChI is InChI=1S/C53H32N2OS/c1-2-10-33(11-3-1)41-27-29-48(44-17-9-8-16-43(41)44)55(40-25-26-45-46-30-37-13-4-5-14-38(37)31-49(46)56-50(45)32-40)39-23-20-36(21-24-39)53-54-47-28-22-35-19-18-34-12-6-7-15-42(34)51(35)52(47)57-53/h1-32H. The van der Waals surface area contributed by atoms with Crippen LogP contribution in [0.3, 0.4) is 0 Å². The second-order valence-corrected chi connectivity index (χ2v) is 15.7. The minimum atomic E-state index is 0.860. The van der Waals surface area contributed by atoms with E-state index in [0.717, 1.165) is 55.1 Å². The molecule has 0 aliphatic rings. The quantitative estimate of drug-likeness (QED) is 0.164. The SMILES string of the molecule is c1ccc(-c2ccc(N(c3ccc(-c4nc5ccc6ccc7ccccc7c6c5s4)cc3)c3ccc4c(c3)oc3cc5ccccc5cc34)c3ccccc23)cc1. The van der Waals surface area contributed by atoms with Gasteiger partial charge in [0.25, 0.3) is 0 Å². The van der Waals surface area contributed by atoms with Crippen LogP contribution in [0.25, 0.3) is 96.9 Å². The Morgan fingerprint density at radius 2 is 1.09 bits per heavy atom. The van der Waals surface area contributed by atoms with E-state index >= 15 is 0 Å². The van der Waals surface area contributed by atoms with Gasteiger partial charge in [0.15, 0.2) is 0 Å². The molecule has 0 saturated carbocycles. The molecule has 0 spiro atoms. The Morgan fingerprint density at radius 3 is 1.93 bits per heavy atom. The fourth-order valence-corrected chi connectivity index (χ4v) is 9.85. The summed E-state index contributed by atoms with van der Waals surface area (Å²) in [6.07, 6.45) is 0. The van der Waals surface area contributed by atoms with Gasteiger partial charge in [0.05, 0.1) is 15.9 Å². The first-order valence-corrected chi connectivity index (χ1v) is 20.1. The zero-order chi connectivity index (χ0) is 37.5. The van der Waals surface area contributed by atoms with Crippen molar-refractivity contribution in [2.75, 3.05) is 4.90 Å². The average molecular weight is 745 g/mol. The zero-order valence-electron chi connectivity index (χ0n) is 30.7. The summed E-state index contributed by atoms with van der Waals surface area (Å²) in [6, 6.07) is 69.7. The highest BCUT2D eigenvalue weighted by Crippen LogP contribution is 2.45. The lowest BCUT2D eigenvalue weighted by molar-refractivity contribution is 0.669. The van der Waals surface area contributed by atoms with Gasteiger partial charge in [-0.25, -0.2) is 4.98 Å². The topological polar surface area (TPSA) is 29.3 Å². The van der Waals surface area contributed by atoms with Crippen LogP contribution < -0.4 is 4.90 Å². The average Bonchev–Trinajstić information content (AvgIpc) is 3.87. The van der Waals surface area contributed by atoms with Crippen molar-refractivity contribution in [2.24, 2.45) is 0 Å². The Hall–Kier alpha value is -7.27. The minimum Gasteiger partial charge on any atom is -0.456 e. The number of nitrogens with zero attached hydrogens (tertiary/aromatic N) is 2. The molecule has 10 aromatic carbocycles. The molecule has 0 N–H and O–H groups in total. The van der Waals surface area contributed by atoms with E-state index in [1.807, 2.05) is 0 Å². The summed E-state index contributed by atoms with van der Waals surface area (Å²) in [5, 5.41) is 13.0. The lowest BCUT2D eigenvalue weighted by atomic mass is 9.96. The molecule has 266 valence electrons. The third kappa shape index (κ3) is 5.15. The second kappa shape index (κ2) is 12.6. The fraction of sp³-hybridized carbons (Fsp3) is 0. The van der Waals surface area contributed by atoms with Crippen LogP contribution in [0, 0.1) is 0 Å². The van der Waals surface area contributed by atoms with Crippen molar-refractivity contribution in [3.8, 4) is 21.7 Å². The van der Waals surface area contributed by atoms with Gasteiger partial charge in [0, 0.05) is 44.5 Å². The molecular formula is C53H32N2OS. The molecule has 2 aromatic heterocycles. The molecule has 3 nitrogen and oxygen atoms in total. The Kier molecular flexibility index (Phi) is 7.10. The summed E-state index contributed by atoms with van der Waals surface area (Å²) in [6.45, 7) is 0. The van der Waals surface area contributed by atoms with E-state index in [2.05, 4.69) is 199 Å². The number of benzene rings is 10. The number of fused-ring (bicyclic) bond motifs is 10. The molecule has 0 fully saturated rings. The maximum absolute atomic E-state index is 6.62. The van der Waals surface area contributed by atoms with Crippen molar-refractivity contribution in [1.82, 2.24) is 4.98 Å². The van der Waals surface area contributed by atoms with E-state index in [1.165, 1.54) is 58.9 Å². The van der Waals surface area contributed by atoms with Crippen LogP contribution in [0.15, 0.2) is 199 Å². The monoisotopic (exact) mass is 744 g/mol. The van der Waals surface area contributed by atoms with Crippen molar-refractivity contribution in [3.63, 3.8) is 0 Å². The van der Waals surface area contributed by atoms with E-state index in [1.54, 1.807) is 11.3 Å². The summed E-state index contributed by atoms with van der Waals surface area (Å²) in [5.74, 6) is 0. The summed E-state index contributed by atoms with van der Waals surface area (Å²) < 4.78 is 7.84. The van der Waals surface area contributed by atoms with E-state index in [4.69, 9.17) is 9.40 Å². The molecular weight excluding hydrogens is 713 g/mol. The highest BCUT2D eigenvalue weighted by atomic mass is 32.1. The molecule has 0 unspecified atom stereocenters. The number of hydrogen-bond donors (Lipinski definition) is 0.